The van der Waals surface area contributed by atoms with E-state index in [-0.39, 0.29) is 18.2 Å². The zero-order valence-corrected chi connectivity index (χ0v) is 17.5. The van der Waals surface area contributed by atoms with Crippen LogP contribution in [0, 0.1) is 0 Å². The SMILES string of the molecule is CCCC(=O)Nc1nnc(CC(=O)N/N=C/c2cc(OC)c(OC)c(OC)c2)s1. The monoisotopic (exact) mass is 421 g/mol. The van der Waals surface area contributed by atoms with Gasteiger partial charge in [0.05, 0.1) is 34.0 Å². The zero-order chi connectivity index (χ0) is 21.2. The first kappa shape index (κ1) is 22.1. The second-order valence-electron chi connectivity index (χ2n) is 5.73. The number of carbonyl (C=O) groups is 2. The molecular weight excluding hydrogens is 398 g/mol. The van der Waals surface area contributed by atoms with Crippen molar-refractivity contribution in [3.05, 3.63) is 22.7 Å². The number of nitrogens with zero attached hydrogens (tertiary/aromatic N) is 3. The molecule has 0 spiro atoms. The summed E-state index contributed by atoms with van der Waals surface area (Å²) in [5.74, 6) is 0.928. The normalized spacial score (nSPS) is 10.6. The Kier molecular flexibility index (Phi) is 8.34. The molecule has 0 saturated carbocycles. The fourth-order valence-electron chi connectivity index (χ4n) is 2.32. The lowest BCUT2D eigenvalue weighted by Crippen LogP contribution is -2.19. The summed E-state index contributed by atoms with van der Waals surface area (Å²) in [6.07, 6.45) is 2.60. The number of methoxy groups -OCH3 is 3. The van der Waals surface area contributed by atoms with Crippen molar-refractivity contribution >= 4 is 34.5 Å². The molecule has 29 heavy (non-hydrogen) atoms. The lowest BCUT2D eigenvalue weighted by molar-refractivity contribution is -0.120. The third-order valence-electron chi connectivity index (χ3n) is 3.59. The van der Waals surface area contributed by atoms with Crippen LogP contribution in [0.15, 0.2) is 17.2 Å². The van der Waals surface area contributed by atoms with E-state index in [1.54, 1.807) is 12.1 Å². The number of amides is 2. The average Bonchev–Trinajstić information content (AvgIpc) is 3.13. The van der Waals surface area contributed by atoms with Crippen molar-refractivity contribution in [2.24, 2.45) is 5.10 Å². The summed E-state index contributed by atoms with van der Waals surface area (Å²) in [6, 6.07) is 3.40. The summed E-state index contributed by atoms with van der Waals surface area (Å²) in [5, 5.41) is 15.2. The summed E-state index contributed by atoms with van der Waals surface area (Å²) >= 11 is 1.15. The Balaban J connectivity index is 1.95. The van der Waals surface area contributed by atoms with E-state index in [0.717, 1.165) is 17.8 Å². The minimum atomic E-state index is -0.365. The average molecular weight is 421 g/mol. The molecule has 1 aromatic heterocycles. The molecule has 2 aromatic rings. The summed E-state index contributed by atoms with van der Waals surface area (Å²) in [7, 11) is 4.55. The molecule has 156 valence electrons. The number of hydrazone groups is 1. The second kappa shape index (κ2) is 11.0. The molecule has 0 unspecified atom stereocenters. The Hall–Kier alpha value is -3.21. The van der Waals surface area contributed by atoms with Gasteiger partial charge in [-0.3, -0.25) is 9.59 Å². The van der Waals surface area contributed by atoms with Crippen LogP contribution in [0.2, 0.25) is 0 Å². The van der Waals surface area contributed by atoms with Crippen LogP contribution in [-0.4, -0.2) is 49.6 Å². The van der Waals surface area contributed by atoms with Gasteiger partial charge in [-0.1, -0.05) is 18.3 Å². The summed E-state index contributed by atoms with van der Waals surface area (Å²) < 4.78 is 15.8. The fourth-order valence-corrected chi connectivity index (χ4v) is 3.07. The number of rotatable bonds is 10. The Morgan fingerprint density at radius 1 is 1.10 bits per heavy atom. The van der Waals surface area contributed by atoms with Crippen LogP contribution in [0.5, 0.6) is 17.2 Å². The van der Waals surface area contributed by atoms with Crippen molar-refractivity contribution in [3.8, 4) is 17.2 Å². The maximum atomic E-state index is 12.0. The first-order valence-electron chi connectivity index (χ1n) is 8.74. The van der Waals surface area contributed by atoms with Crippen molar-refractivity contribution in [3.63, 3.8) is 0 Å². The van der Waals surface area contributed by atoms with Crippen LogP contribution in [0.4, 0.5) is 5.13 Å². The second-order valence-corrected chi connectivity index (χ2v) is 6.79. The van der Waals surface area contributed by atoms with E-state index in [4.69, 9.17) is 14.2 Å². The van der Waals surface area contributed by atoms with E-state index in [2.05, 4.69) is 26.0 Å². The van der Waals surface area contributed by atoms with Crippen LogP contribution >= 0.6 is 11.3 Å². The fraction of sp³-hybridized carbons (Fsp3) is 0.389. The number of benzene rings is 1. The number of ether oxygens (including phenoxy) is 3. The van der Waals surface area contributed by atoms with Crippen molar-refractivity contribution in [2.75, 3.05) is 26.6 Å². The first-order chi connectivity index (χ1) is 14.0. The van der Waals surface area contributed by atoms with E-state index in [1.165, 1.54) is 27.5 Å². The zero-order valence-electron chi connectivity index (χ0n) is 16.6. The largest absolute Gasteiger partial charge is 0.493 e. The molecule has 1 aromatic carbocycles. The molecule has 2 amide bonds. The predicted octanol–water partition coefficient (Wildman–Crippen LogP) is 2.00. The molecule has 2 rings (SSSR count). The summed E-state index contributed by atoms with van der Waals surface area (Å²) in [5.41, 5.74) is 3.07. The Bertz CT molecular complexity index is 858. The van der Waals surface area contributed by atoms with Crippen molar-refractivity contribution in [1.29, 1.82) is 0 Å². The van der Waals surface area contributed by atoms with Crippen LogP contribution < -0.4 is 25.0 Å². The number of nitrogens with one attached hydrogen (secondary N) is 2. The van der Waals surface area contributed by atoms with Crippen LogP contribution in [0.1, 0.15) is 30.3 Å². The Morgan fingerprint density at radius 2 is 1.79 bits per heavy atom. The molecule has 0 aliphatic carbocycles. The van der Waals surface area contributed by atoms with Gasteiger partial charge in [0.1, 0.15) is 5.01 Å². The molecule has 10 nitrogen and oxygen atoms in total. The molecule has 0 radical (unpaired) electrons. The highest BCUT2D eigenvalue weighted by Crippen LogP contribution is 2.37. The number of anilines is 1. The molecule has 0 fully saturated rings. The highest BCUT2D eigenvalue weighted by atomic mass is 32.1. The van der Waals surface area contributed by atoms with Crippen LogP contribution in [0.25, 0.3) is 0 Å². The molecule has 0 bridgehead atoms. The summed E-state index contributed by atoms with van der Waals surface area (Å²) in [6.45, 7) is 1.91. The lowest BCUT2D eigenvalue weighted by atomic mass is 10.2. The van der Waals surface area contributed by atoms with Gasteiger partial charge in [0.2, 0.25) is 22.7 Å². The predicted molar refractivity (Wildman–Crippen MR) is 109 cm³/mol. The smallest absolute Gasteiger partial charge is 0.247 e. The van der Waals surface area contributed by atoms with Crippen molar-refractivity contribution < 1.29 is 23.8 Å². The number of hydrogen-bond donors (Lipinski definition) is 2. The van der Waals surface area contributed by atoms with Crippen molar-refractivity contribution in [2.45, 2.75) is 26.2 Å². The maximum absolute atomic E-state index is 12.0. The standard InChI is InChI=1S/C18H23N5O5S/c1-5-6-14(24)20-18-23-22-16(29-18)9-15(25)21-19-10-11-7-12(26-2)17(28-4)13(8-11)27-3/h7-8,10H,5-6,9H2,1-4H3,(H,21,25)(H,20,23,24)/b19-10+. The third-order valence-corrected chi connectivity index (χ3v) is 4.43. The van der Waals surface area contributed by atoms with Gasteiger partial charge in [0.25, 0.3) is 0 Å². The van der Waals surface area contributed by atoms with Gasteiger partial charge in [0, 0.05) is 12.0 Å². The molecule has 0 aliphatic heterocycles. The van der Waals surface area contributed by atoms with Gasteiger partial charge in [0.15, 0.2) is 11.5 Å². The van der Waals surface area contributed by atoms with E-state index in [1.807, 2.05) is 6.92 Å². The van der Waals surface area contributed by atoms with E-state index in [9.17, 15) is 9.59 Å². The van der Waals surface area contributed by atoms with Gasteiger partial charge in [-0.05, 0) is 18.6 Å². The van der Waals surface area contributed by atoms with E-state index in [0.29, 0.717) is 39.4 Å². The Morgan fingerprint density at radius 3 is 2.38 bits per heavy atom. The molecule has 0 atom stereocenters. The quantitative estimate of drug-likeness (QED) is 0.444. The van der Waals surface area contributed by atoms with Gasteiger partial charge in [-0.2, -0.15) is 5.10 Å². The first-order valence-corrected chi connectivity index (χ1v) is 9.56. The minimum absolute atomic E-state index is 0.00604. The molecule has 11 heteroatoms. The topological polar surface area (TPSA) is 124 Å². The van der Waals surface area contributed by atoms with Crippen LogP contribution in [0.3, 0.4) is 0 Å². The number of carbonyl (C=O) groups excluding carboxylic acids is 2. The highest BCUT2D eigenvalue weighted by Gasteiger charge is 2.13. The van der Waals surface area contributed by atoms with Crippen molar-refractivity contribution in [1.82, 2.24) is 15.6 Å². The third kappa shape index (κ3) is 6.42. The summed E-state index contributed by atoms with van der Waals surface area (Å²) in [4.78, 5) is 23.6. The Labute approximate surface area is 172 Å². The molecule has 2 N–H and O–H groups in total. The highest BCUT2D eigenvalue weighted by molar-refractivity contribution is 7.15. The van der Waals surface area contributed by atoms with Crippen LogP contribution in [-0.2, 0) is 16.0 Å². The van der Waals surface area contributed by atoms with Gasteiger partial charge >= 0.3 is 0 Å². The minimum Gasteiger partial charge on any atom is -0.493 e. The molecule has 1 heterocycles. The number of aromatic nitrogens is 2. The number of hydrogen-bond acceptors (Lipinski definition) is 9. The van der Waals surface area contributed by atoms with E-state index < -0.39 is 0 Å². The molecule has 0 aliphatic rings. The maximum Gasteiger partial charge on any atom is 0.247 e. The molecular formula is C18H23N5O5S. The lowest BCUT2D eigenvalue weighted by Gasteiger charge is -2.12. The van der Waals surface area contributed by atoms with E-state index >= 15 is 0 Å². The van der Waals surface area contributed by atoms with Gasteiger partial charge in [-0.15, -0.1) is 10.2 Å². The van der Waals surface area contributed by atoms with Gasteiger partial charge < -0.3 is 19.5 Å². The molecule has 0 saturated heterocycles. The van der Waals surface area contributed by atoms with Gasteiger partial charge in [-0.25, -0.2) is 5.43 Å².